The normalized spacial score (nSPS) is 14.8. The summed E-state index contributed by atoms with van der Waals surface area (Å²) in [4.78, 5) is 19.6. The topological polar surface area (TPSA) is 46.9 Å². The number of hydrogen-bond acceptors (Lipinski definition) is 3. The summed E-state index contributed by atoms with van der Waals surface area (Å²) in [7, 11) is 0. The lowest BCUT2D eigenvalue weighted by atomic mass is 10.2. The van der Waals surface area contributed by atoms with E-state index in [1.807, 2.05) is 54.6 Å². The number of benzene rings is 1. The van der Waals surface area contributed by atoms with E-state index in [1.165, 1.54) is 5.69 Å². The molecule has 0 aliphatic carbocycles. The molecule has 1 N–H and O–H groups in total. The van der Waals surface area contributed by atoms with Crippen LogP contribution in [0, 0.1) is 0 Å². The number of rotatable bonds is 5. The standard InChI is InChI=1S/C20H23N3O2/c1-2-25-19-6-3-17(4-7-19)5-8-20(24)23-15-13-22(14-16-23)18-9-11-21-12-10-18/h3-12H,2,13-16H2,1H3/p+1/b8-5+. The van der Waals surface area contributed by atoms with E-state index >= 15 is 0 Å². The number of ether oxygens (including phenoxy) is 1. The van der Waals surface area contributed by atoms with Gasteiger partial charge in [0.2, 0.25) is 5.91 Å². The summed E-state index contributed by atoms with van der Waals surface area (Å²) in [6, 6.07) is 11.9. The number of amides is 1. The Hall–Kier alpha value is -2.82. The molecule has 0 atom stereocenters. The van der Waals surface area contributed by atoms with Gasteiger partial charge in [0.1, 0.15) is 5.75 Å². The van der Waals surface area contributed by atoms with Crippen LogP contribution in [0.15, 0.2) is 54.9 Å². The number of aromatic amines is 1. The molecule has 2 aromatic rings. The highest BCUT2D eigenvalue weighted by Crippen LogP contribution is 2.15. The number of carbonyl (C=O) groups excluding carboxylic acids is 1. The van der Waals surface area contributed by atoms with Crippen molar-refractivity contribution in [1.82, 2.24) is 4.90 Å². The molecule has 5 nitrogen and oxygen atoms in total. The van der Waals surface area contributed by atoms with Gasteiger partial charge in [-0.3, -0.25) is 4.79 Å². The highest BCUT2D eigenvalue weighted by Gasteiger charge is 2.19. The predicted molar refractivity (Wildman–Crippen MR) is 98.4 cm³/mol. The van der Waals surface area contributed by atoms with Gasteiger partial charge in [-0.2, -0.15) is 0 Å². The third kappa shape index (κ3) is 4.59. The zero-order chi connectivity index (χ0) is 17.5. The molecular weight excluding hydrogens is 314 g/mol. The van der Waals surface area contributed by atoms with Gasteiger partial charge in [0.25, 0.3) is 0 Å². The van der Waals surface area contributed by atoms with Gasteiger partial charge in [0, 0.05) is 50.1 Å². The van der Waals surface area contributed by atoms with E-state index in [4.69, 9.17) is 4.74 Å². The van der Waals surface area contributed by atoms with Gasteiger partial charge in [0.05, 0.1) is 6.61 Å². The fourth-order valence-corrected chi connectivity index (χ4v) is 2.89. The first kappa shape index (κ1) is 17.0. The van der Waals surface area contributed by atoms with Crippen molar-refractivity contribution in [3.05, 3.63) is 60.4 Å². The van der Waals surface area contributed by atoms with Crippen LogP contribution in [-0.4, -0.2) is 43.6 Å². The molecule has 1 saturated heterocycles. The molecule has 2 heterocycles. The Balaban J connectivity index is 1.52. The van der Waals surface area contributed by atoms with Crippen molar-refractivity contribution in [3.63, 3.8) is 0 Å². The number of nitrogens with zero attached hydrogens (tertiary/aromatic N) is 2. The monoisotopic (exact) mass is 338 g/mol. The first-order chi connectivity index (χ1) is 12.3. The fraction of sp³-hybridized carbons (Fsp3) is 0.300. The summed E-state index contributed by atoms with van der Waals surface area (Å²) in [5, 5.41) is 0. The number of aromatic nitrogens is 1. The van der Waals surface area contributed by atoms with Crippen LogP contribution in [0.2, 0.25) is 0 Å². The summed E-state index contributed by atoms with van der Waals surface area (Å²) in [5.41, 5.74) is 2.19. The summed E-state index contributed by atoms with van der Waals surface area (Å²) in [5.74, 6) is 0.913. The molecule has 25 heavy (non-hydrogen) atoms. The lowest BCUT2D eigenvalue weighted by Crippen LogP contribution is -2.48. The van der Waals surface area contributed by atoms with Crippen LogP contribution in [0.5, 0.6) is 5.75 Å². The van der Waals surface area contributed by atoms with Crippen LogP contribution in [0.25, 0.3) is 6.08 Å². The average molecular weight is 338 g/mol. The molecular formula is C20H24N3O2+. The van der Waals surface area contributed by atoms with Gasteiger partial charge >= 0.3 is 0 Å². The van der Waals surface area contributed by atoms with Crippen LogP contribution >= 0.6 is 0 Å². The van der Waals surface area contributed by atoms with E-state index < -0.39 is 0 Å². The Morgan fingerprint density at radius 3 is 2.40 bits per heavy atom. The maximum atomic E-state index is 12.4. The fourth-order valence-electron chi connectivity index (χ4n) is 2.89. The summed E-state index contributed by atoms with van der Waals surface area (Å²) in [6.45, 7) is 5.80. The number of carbonyl (C=O) groups is 1. The molecule has 1 amide bonds. The molecule has 1 aliphatic rings. The molecule has 0 unspecified atom stereocenters. The van der Waals surface area contributed by atoms with Crippen LogP contribution in [0.4, 0.5) is 5.69 Å². The van der Waals surface area contributed by atoms with Crippen LogP contribution in [0.1, 0.15) is 12.5 Å². The highest BCUT2D eigenvalue weighted by atomic mass is 16.5. The van der Waals surface area contributed by atoms with Crippen LogP contribution in [-0.2, 0) is 4.79 Å². The maximum Gasteiger partial charge on any atom is 0.246 e. The summed E-state index contributed by atoms with van der Waals surface area (Å²) >= 11 is 0. The van der Waals surface area contributed by atoms with Gasteiger partial charge in [-0.25, -0.2) is 4.98 Å². The quantitative estimate of drug-likeness (QED) is 0.786. The minimum Gasteiger partial charge on any atom is -0.494 e. The molecule has 0 spiro atoms. The second-order valence-electron chi connectivity index (χ2n) is 5.91. The van der Waals surface area contributed by atoms with E-state index in [-0.39, 0.29) is 5.91 Å². The molecule has 3 rings (SSSR count). The van der Waals surface area contributed by atoms with E-state index in [2.05, 4.69) is 22.0 Å². The summed E-state index contributed by atoms with van der Waals surface area (Å²) < 4.78 is 5.42. The third-order valence-electron chi connectivity index (χ3n) is 4.27. The van der Waals surface area contributed by atoms with Crippen molar-refractivity contribution < 1.29 is 14.5 Å². The number of H-pyrrole nitrogens is 1. The van der Waals surface area contributed by atoms with Gasteiger partial charge in [0.15, 0.2) is 12.4 Å². The Bertz CT molecular complexity index is 705. The predicted octanol–water partition coefficient (Wildman–Crippen LogP) is 2.26. The Morgan fingerprint density at radius 2 is 1.76 bits per heavy atom. The first-order valence-corrected chi connectivity index (χ1v) is 8.67. The third-order valence-corrected chi connectivity index (χ3v) is 4.27. The van der Waals surface area contributed by atoms with Crippen LogP contribution in [0.3, 0.4) is 0 Å². The van der Waals surface area contributed by atoms with Crippen LogP contribution < -0.4 is 14.6 Å². The molecule has 1 aliphatic heterocycles. The highest BCUT2D eigenvalue weighted by molar-refractivity contribution is 5.92. The zero-order valence-electron chi connectivity index (χ0n) is 14.5. The molecule has 1 aromatic carbocycles. The lowest BCUT2D eigenvalue weighted by Gasteiger charge is -2.35. The summed E-state index contributed by atoms with van der Waals surface area (Å²) in [6.07, 6.45) is 7.36. The number of anilines is 1. The van der Waals surface area contributed by atoms with E-state index in [0.29, 0.717) is 6.61 Å². The average Bonchev–Trinajstić information content (AvgIpc) is 2.68. The largest absolute Gasteiger partial charge is 0.494 e. The molecule has 5 heteroatoms. The number of hydrogen-bond donors (Lipinski definition) is 0. The Kier molecular flexibility index (Phi) is 5.67. The Morgan fingerprint density at radius 1 is 1.08 bits per heavy atom. The van der Waals surface area contributed by atoms with Gasteiger partial charge < -0.3 is 14.5 Å². The maximum absolute atomic E-state index is 12.4. The van der Waals surface area contributed by atoms with Crippen molar-refractivity contribution in [1.29, 1.82) is 0 Å². The molecule has 0 bridgehead atoms. The van der Waals surface area contributed by atoms with Crippen molar-refractivity contribution in [2.45, 2.75) is 6.92 Å². The lowest BCUT2D eigenvalue weighted by molar-refractivity contribution is -0.377. The van der Waals surface area contributed by atoms with Gasteiger partial charge in [-0.15, -0.1) is 0 Å². The minimum absolute atomic E-state index is 0.0647. The number of nitrogens with one attached hydrogen (secondary N) is 1. The minimum atomic E-state index is 0.0647. The molecule has 1 aromatic heterocycles. The zero-order valence-corrected chi connectivity index (χ0v) is 14.5. The second kappa shape index (κ2) is 8.33. The second-order valence-corrected chi connectivity index (χ2v) is 5.91. The molecule has 130 valence electrons. The molecule has 0 radical (unpaired) electrons. The number of pyridine rings is 1. The Labute approximate surface area is 148 Å². The van der Waals surface area contributed by atoms with E-state index in [1.54, 1.807) is 6.08 Å². The van der Waals surface area contributed by atoms with Gasteiger partial charge in [-0.1, -0.05) is 12.1 Å². The van der Waals surface area contributed by atoms with E-state index in [0.717, 1.165) is 37.5 Å². The van der Waals surface area contributed by atoms with Crippen molar-refractivity contribution >= 4 is 17.7 Å². The van der Waals surface area contributed by atoms with Crippen molar-refractivity contribution in [3.8, 4) is 5.75 Å². The smallest absolute Gasteiger partial charge is 0.246 e. The molecule has 0 saturated carbocycles. The van der Waals surface area contributed by atoms with Crippen molar-refractivity contribution in [2.24, 2.45) is 0 Å². The first-order valence-electron chi connectivity index (χ1n) is 8.67. The van der Waals surface area contributed by atoms with Crippen molar-refractivity contribution in [2.75, 3.05) is 37.7 Å². The SMILES string of the molecule is CCOc1ccc(/C=C/C(=O)N2CCN(c3cc[nH+]cc3)CC2)cc1. The van der Waals surface area contributed by atoms with Gasteiger partial charge in [-0.05, 0) is 30.7 Å². The van der Waals surface area contributed by atoms with E-state index in [9.17, 15) is 4.79 Å². The molecule has 1 fully saturated rings. The number of piperazine rings is 1.